The lowest BCUT2D eigenvalue weighted by Gasteiger charge is -2.14. The number of ketones is 1. The number of carbonyl (C=O) groups is 2. The molecule has 1 heterocycles. The number of Topliss-reactive ketones (excluding diaryl/α,β-unsaturated/α-hetero) is 1. The molecule has 2 rings (SSSR count). The number of hydrogen-bond donors (Lipinski definition) is 1. The molecule has 0 bridgehead atoms. The molecule has 0 unspecified atom stereocenters. The number of aliphatic carboxylic acids is 1. The summed E-state index contributed by atoms with van der Waals surface area (Å²) < 4.78 is 0. The summed E-state index contributed by atoms with van der Waals surface area (Å²) in [4.78, 5) is 27.7. The van der Waals surface area contributed by atoms with Crippen LogP contribution in [-0.2, 0) is 16.0 Å². The first-order chi connectivity index (χ1) is 10.9. The number of rotatable bonds is 7. The monoisotopic (exact) mass is 351 g/mol. The number of halogens is 1. The van der Waals surface area contributed by atoms with Gasteiger partial charge in [-0.2, -0.15) is 0 Å². The van der Waals surface area contributed by atoms with Crippen molar-refractivity contribution in [3.8, 4) is 10.6 Å². The van der Waals surface area contributed by atoms with Crippen molar-refractivity contribution in [3.63, 3.8) is 0 Å². The average molecular weight is 352 g/mol. The van der Waals surface area contributed by atoms with E-state index in [1.807, 2.05) is 37.4 Å². The van der Waals surface area contributed by atoms with Gasteiger partial charge < -0.3 is 5.11 Å². The summed E-state index contributed by atoms with van der Waals surface area (Å²) in [5.74, 6) is -1.75. The van der Waals surface area contributed by atoms with E-state index in [4.69, 9.17) is 16.7 Å². The van der Waals surface area contributed by atoms with Crippen LogP contribution in [0.25, 0.3) is 10.6 Å². The normalized spacial score (nSPS) is 12.3. The Balaban J connectivity index is 2.04. The maximum Gasteiger partial charge on any atom is 0.307 e. The highest BCUT2D eigenvalue weighted by Crippen LogP contribution is 2.26. The van der Waals surface area contributed by atoms with Gasteiger partial charge in [0.2, 0.25) is 0 Å². The van der Waals surface area contributed by atoms with Crippen LogP contribution in [0.5, 0.6) is 0 Å². The lowest BCUT2D eigenvalue weighted by molar-refractivity contribution is -0.145. The highest BCUT2D eigenvalue weighted by molar-refractivity contribution is 7.13. The summed E-state index contributed by atoms with van der Waals surface area (Å²) >= 11 is 7.42. The Morgan fingerprint density at radius 3 is 2.70 bits per heavy atom. The van der Waals surface area contributed by atoms with Crippen molar-refractivity contribution in [1.29, 1.82) is 0 Å². The molecule has 1 aromatic heterocycles. The van der Waals surface area contributed by atoms with E-state index >= 15 is 0 Å². The van der Waals surface area contributed by atoms with E-state index < -0.39 is 11.9 Å². The van der Waals surface area contributed by atoms with Gasteiger partial charge in [-0.25, -0.2) is 4.98 Å². The first kappa shape index (κ1) is 17.6. The third kappa shape index (κ3) is 4.88. The molecule has 4 nitrogen and oxygen atoms in total. The van der Waals surface area contributed by atoms with Gasteiger partial charge in [0, 0.05) is 28.8 Å². The van der Waals surface area contributed by atoms with E-state index in [1.165, 1.54) is 11.3 Å². The highest BCUT2D eigenvalue weighted by Gasteiger charge is 2.24. The fourth-order valence-corrected chi connectivity index (χ4v) is 3.28. The standard InChI is InChI=1S/C17H18ClNO3S/c1-10(2)15(17(21)22)8-14(20)7-13-9-23-16(19-13)11-4-3-5-12(18)6-11/h3-6,9-10,15H,7-8H2,1-2H3,(H,21,22)/t15-/m1/s1. The summed E-state index contributed by atoms with van der Waals surface area (Å²) in [5, 5.41) is 12.4. The Morgan fingerprint density at radius 2 is 2.09 bits per heavy atom. The summed E-state index contributed by atoms with van der Waals surface area (Å²) in [6.45, 7) is 3.62. The third-order valence-electron chi connectivity index (χ3n) is 3.57. The fourth-order valence-electron chi connectivity index (χ4n) is 2.27. The largest absolute Gasteiger partial charge is 0.481 e. The second-order valence-corrected chi connectivity index (χ2v) is 7.06. The Morgan fingerprint density at radius 1 is 1.35 bits per heavy atom. The van der Waals surface area contributed by atoms with Crippen LogP contribution in [0.3, 0.4) is 0 Å². The summed E-state index contributed by atoms with van der Waals surface area (Å²) in [7, 11) is 0. The van der Waals surface area contributed by atoms with E-state index in [9.17, 15) is 9.59 Å². The van der Waals surface area contributed by atoms with Gasteiger partial charge in [0.15, 0.2) is 0 Å². The predicted octanol–water partition coefficient (Wildman–Crippen LogP) is 4.32. The zero-order valence-electron chi connectivity index (χ0n) is 13.0. The van der Waals surface area contributed by atoms with Gasteiger partial charge in [0.1, 0.15) is 10.8 Å². The third-order valence-corrected chi connectivity index (χ3v) is 4.75. The molecular weight excluding hydrogens is 334 g/mol. The lowest BCUT2D eigenvalue weighted by Crippen LogP contribution is -2.23. The molecule has 0 saturated heterocycles. The first-order valence-corrected chi connectivity index (χ1v) is 8.57. The Hall–Kier alpha value is -1.72. The van der Waals surface area contributed by atoms with E-state index in [1.54, 1.807) is 6.07 Å². The molecule has 0 aliphatic rings. The van der Waals surface area contributed by atoms with Gasteiger partial charge in [0.05, 0.1) is 11.6 Å². The second kappa shape index (κ2) is 7.70. The quantitative estimate of drug-likeness (QED) is 0.806. The van der Waals surface area contributed by atoms with Gasteiger partial charge in [-0.15, -0.1) is 11.3 Å². The molecule has 0 saturated carbocycles. The number of carboxylic acid groups (broad SMARTS) is 1. The van der Waals surface area contributed by atoms with E-state index in [2.05, 4.69) is 4.98 Å². The first-order valence-electron chi connectivity index (χ1n) is 7.31. The summed E-state index contributed by atoms with van der Waals surface area (Å²) in [6, 6.07) is 7.38. The van der Waals surface area contributed by atoms with Crippen LogP contribution in [0.1, 0.15) is 26.0 Å². The molecular formula is C17H18ClNO3S. The van der Waals surface area contributed by atoms with Gasteiger partial charge in [0.25, 0.3) is 0 Å². The molecule has 1 aromatic carbocycles. The van der Waals surface area contributed by atoms with Crippen LogP contribution in [0.15, 0.2) is 29.6 Å². The molecule has 6 heteroatoms. The maximum absolute atomic E-state index is 12.1. The number of carboxylic acids is 1. The topological polar surface area (TPSA) is 67.3 Å². The summed E-state index contributed by atoms with van der Waals surface area (Å²) in [5.41, 5.74) is 1.58. The second-order valence-electron chi connectivity index (χ2n) is 5.76. The maximum atomic E-state index is 12.1. The fraction of sp³-hybridized carbons (Fsp3) is 0.353. The molecule has 0 aliphatic carbocycles. The van der Waals surface area contributed by atoms with Crippen molar-refractivity contribution < 1.29 is 14.7 Å². The molecule has 0 spiro atoms. The van der Waals surface area contributed by atoms with Gasteiger partial charge in [-0.05, 0) is 18.1 Å². The molecule has 0 aliphatic heterocycles. The highest BCUT2D eigenvalue weighted by atomic mass is 35.5. The zero-order chi connectivity index (χ0) is 17.0. The van der Waals surface area contributed by atoms with Crippen LogP contribution in [0.4, 0.5) is 0 Å². The van der Waals surface area contributed by atoms with Crippen LogP contribution in [0, 0.1) is 11.8 Å². The van der Waals surface area contributed by atoms with E-state index in [-0.39, 0.29) is 24.5 Å². The van der Waals surface area contributed by atoms with E-state index in [0.717, 1.165) is 10.6 Å². The smallest absolute Gasteiger partial charge is 0.307 e. The summed E-state index contributed by atoms with van der Waals surface area (Å²) in [6.07, 6.45) is 0.199. The van der Waals surface area contributed by atoms with Gasteiger partial charge >= 0.3 is 5.97 Å². The molecule has 0 fully saturated rings. The molecule has 23 heavy (non-hydrogen) atoms. The molecule has 0 amide bonds. The van der Waals surface area contributed by atoms with Crippen LogP contribution >= 0.6 is 22.9 Å². The van der Waals surface area contributed by atoms with Crippen LogP contribution in [0.2, 0.25) is 5.02 Å². The number of hydrogen-bond acceptors (Lipinski definition) is 4. The average Bonchev–Trinajstić information content (AvgIpc) is 2.92. The van der Waals surface area contributed by atoms with Crippen molar-refractivity contribution in [1.82, 2.24) is 4.98 Å². The number of thiazole rings is 1. The van der Waals surface area contributed by atoms with Crippen LogP contribution in [-0.4, -0.2) is 21.8 Å². The van der Waals surface area contributed by atoms with Crippen molar-refractivity contribution >= 4 is 34.7 Å². The molecule has 1 N–H and O–H groups in total. The van der Waals surface area contributed by atoms with Crippen molar-refractivity contribution in [2.75, 3.05) is 0 Å². The van der Waals surface area contributed by atoms with Crippen LogP contribution < -0.4 is 0 Å². The molecule has 0 radical (unpaired) electrons. The minimum Gasteiger partial charge on any atom is -0.481 e. The van der Waals surface area contributed by atoms with Gasteiger partial charge in [-0.3, -0.25) is 9.59 Å². The number of nitrogens with zero attached hydrogens (tertiary/aromatic N) is 1. The molecule has 1 atom stereocenters. The molecule has 122 valence electrons. The zero-order valence-corrected chi connectivity index (χ0v) is 14.5. The lowest BCUT2D eigenvalue weighted by atomic mass is 9.90. The van der Waals surface area contributed by atoms with Crippen molar-refractivity contribution in [2.45, 2.75) is 26.7 Å². The van der Waals surface area contributed by atoms with Crippen molar-refractivity contribution in [2.24, 2.45) is 11.8 Å². The number of aromatic nitrogens is 1. The molecule has 2 aromatic rings. The number of carbonyl (C=O) groups excluding carboxylic acids is 1. The Labute approximate surface area is 144 Å². The Kier molecular flexibility index (Phi) is 5.91. The Bertz CT molecular complexity index is 711. The predicted molar refractivity (Wildman–Crippen MR) is 91.9 cm³/mol. The SMILES string of the molecule is CC(C)[C@@H](CC(=O)Cc1csc(-c2cccc(Cl)c2)n1)C(=O)O. The number of benzene rings is 1. The van der Waals surface area contributed by atoms with E-state index in [0.29, 0.717) is 10.7 Å². The van der Waals surface area contributed by atoms with Gasteiger partial charge in [-0.1, -0.05) is 37.6 Å². The van der Waals surface area contributed by atoms with Crippen molar-refractivity contribution in [3.05, 3.63) is 40.4 Å². The minimum atomic E-state index is -0.925. The minimum absolute atomic E-state index is 0.0387.